The van der Waals surface area contributed by atoms with Gasteiger partial charge in [-0.15, -0.1) is 0 Å². The normalized spacial score (nSPS) is 19.7. The molecule has 0 radical (unpaired) electrons. The number of imidazole rings is 2. The van der Waals surface area contributed by atoms with Crippen molar-refractivity contribution in [3.8, 4) is 0 Å². The predicted molar refractivity (Wildman–Crippen MR) is 88.0 cm³/mol. The minimum absolute atomic E-state index is 0.0871. The second-order valence-corrected chi connectivity index (χ2v) is 7.94. The number of hydrogen-bond donors (Lipinski definition) is 0. The third kappa shape index (κ3) is 3.38. The van der Waals surface area contributed by atoms with Crippen molar-refractivity contribution in [3.05, 3.63) is 30.7 Å². The van der Waals surface area contributed by atoms with Crippen molar-refractivity contribution in [2.24, 2.45) is 7.05 Å². The zero-order chi connectivity index (χ0) is 17.2. The zero-order valence-electron chi connectivity index (χ0n) is 14.0. The number of nitrogens with zero attached hydrogens (tertiary/aromatic N) is 5. The number of sulfonamides is 1. The number of piperidine rings is 1. The summed E-state index contributed by atoms with van der Waals surface area (Å²) in [4.78, 5) is 8.46. The van der Waals surface area contributed by atoms with Crippen LogP contribution in [0, 0.1) is 0 Å². The van der Waals surface area contributed by atoms with E-state index in [1.165, 1.54) is 10.6 Å². The summed E-state index contributed by atoms with van der Waals surface area (Å²) >= 11 is 0. The Morgan fingerprint density at radius 3 is 2.92 bits per heavy atom. The van der Waals surface area contributed by atoms with Crippen LogP contribution >= 0.6 is 0 Å². The molecule has 24 heavy (non-hydrogen) atoms. The molecule has 0 saturated carbocycles. The quantitative estimate of drug-likeness (QED) is 0.768. The van der Waals surface area contributed by atoms with Gasteiger partial charge in [-0.1, -0.05) is 0 Å². The molecule has 132 valence electrons. The van der Waals surface area contributed by atoms with Crippen molar-refractivity contribution in [2.75, 3.05) is 26.8 Å². The lowest BCUT2D eigenvalue weighted by Crippen LogP contribution is -2.40. The smallest absolute Gasteiger partial charge is 0.262 e. The van der Waals surface area contributed by atoms with E-state index in [1.54, 1.807) is 31.1 Å². The predicted octanol–water partition coefficient (Wildman–Crippen LogP) is 0.831. The maximum absolute atomic E-state index is 12.8. The van der Waals surface area contributed by atoms with Crippen LogP contribution in [0.4, 0.5) is 0 Å². The minimum atomic E-state index is -3.56. The van der Waals surface area contributed by atoms with Crippen molar-refractivity contribution in [1.82, 2.24) is 23.4 Å². The molecule has 1 saturated heterocycles. The number of ether oxygens (including phenoxy) is 1. The molecule has 2 aromatic heterocycles. The van der Waals surface area contributed by atoms with Gasteiger partial charge in [0, 0.05) is 58.3 Å². The van der Waals surface area contributed by atoms with Gasteiger partial charge < -0.3 is 13.9 Å². The highest BCUT2D eigenvalue weighted by Gasteiger charge is 2.33. The molecule has 1 aliphatic heterocycles. The number of hydrogen-bond acceptors (Lipinski definition) is 5. The molecule has 9 heteroatoms. The Bertz CT molecular complexity index is 783. The Hall–Kier alpha value is -1.71. The first-order chi connectivity index (χ1) is 11.5. The molecular weight excluding hydrogens is 330 g/mol. The zero-order valence-corrected chi connectivity index (χ0v) is 14.8. The molecule has 1 atom stereocenters. The Balaban J connectivity index is 1.79. The summed E-state index contributed by atoms with van der Waals surface area (Å²) in [6, 6.07) is 0. The third-order valence-electron chi connectivity index (χ3n) is 4.32. The van der Waals surface area contributed by atoms with Gasteiger partial charge in [-0.05, 0) is 12.8 Å². The van der Waals surface area contributed by atoms with Crippen LogP contribution in [-0.2, 0) is 28.4 Å². The lowest BCUT2D eigenvalue weighted by atomic mass is 9.99. The molecule has 1 aliphatic rings. The van der Waals surface area contributed by atoms with Crippen LogP contribution in [-0.4, -0.2) is 58.6 Å². The molecule has 0 aromatic carbocycles. The summed E-state index contributed by atoms with van der Waals surface area (Å²) in [5.74, 6) is 1.01. The summed E-state index contributed by atoms with van der Waals surface area (Å²) in [6.07, 6.45) is 8.47. The van der Waals surface area contributed by atoms with Crippen molar-refractivity contribution >= 4 is 10.0 Å². The van der Waals surface area contributed by atoms with E-state index in [-0.39, 0.29) is 10.9 Å². The highest BCUT2D eigenvalue weighted by atomic mass is 32.2. The molecule has 2 aromatic rings. The second kappa shape index (κ2) is 7.04. The fourth-order valence-corrected chi connectivity index (χ4v) is 4.58. The van der Waals surface area contributed by atoms with Gasteiger partial charge in [-0.25, -0.2) is 18.4 Å². The van der Waals surface area contributed by atoms with E-state index in [1.807, 2.05) is 10.8 Å². The van der Waals surface area contributed by atoms with Gasteiger partial charge in [0.15, 0.2) is 5.03 Å². The summed E-state index contributed by atoms with van der Waals surface area (Å²) in [5, 5.41) is 0.105. The van der Waals surface area contributed by atoms with Crippen molar-refractivity contribution in [2.45, 2.75) is 30.3 Å². The van der Waals surface area contributed by atoms with E-state index in [0.717, 1.165) is 25.2 Å². The van der Waals surface area contributed by atoms with Crippen LogP contribution in [0.1, 0.15) is 24.6 Å². The van der Waals surface area contributed by atoms with Crippen molar-refractivity contribution < 1.29 is 13.2 Å². The molecular formula is C15H23N5O3S. The van der Waals surface area contributed by atoms with Crippen molar-refractivity contribution in [3.63, 3.8) is 0 Å². The Morgan fingerprint density at radius 2 is 2.21 bits per heavy atom. The van der Waals surface area contributed by atoms with Crippen LogP contribution in [0.2, 0.25) is 0 Å². The Morgan fingerprint density at radius 1 is 1.38 bits per heavy atom. The highest BCUT2D eigenvalue weighted by Crippen LogP contribution is 2.29. The maximum Gasteiger partial charge on any atom is 0.262 e. The number of aryl methyl sites for hydroxylation is 1. The fourth-order valence-electron chi connectivity index (χ4n) is 3.09. The average Bonchev–Trinajstić information content (AvgIpc) is 3.22. The van der Waals surface area contributed by atoms with E-state index in [2.05, 4.69) is 9.97 Å². The molecule has 0 spiro atoms. The van der Waals surface area contributed by atoms with Crippen LogP contribution < -0.4 is 0 Å². The van der Waals surface area contributed by atoms with Gasteiger partial charge in [0.2, 0.25) is 0 Å². The Labute approximate surface area is 142 Å². The van der Waals surface area contributed by atoms with E-state index in [9.17, 15) is 8.42 Å². The molecule has 0 bridgehead atoms. The second-order valence-electron chi connectivity index (χ2n) is 6.05. The first kappa shape index (κ1) is 17.1. The van der Waals surface area contributed by atoms with Gasteiger partial charge in [-0.3, -0.25) is 0 Å². The molecule has 8 nitrogen and oxygen atoms in total. The van der Waals surface area contributed by atoms with E-state index in [4.69, 9.17) is 4.74 Å². The fraction of sp³-hybridized carbons (Fsp3) is 0.600. The van der Waals surface area contributed by atoms with Gasteiger partial charge in [0.05, 0.1) is 12.9 Å². The lowest BCUT2D eigenvalue weighted by molar-refractivity contribution is 0.184. The molecule has 1 fully saturated rings. The lowest BCUT2D eigenvalue weighted by Gasteiger charge is -2.31. The number of rotatable bonds is 6. The standard InChI is InChI=1S/C15H23N5O3S/c1-18-11-14(17-12-18)24(21,22)20-6-3-4-13(10-20)15-16-5-7-19(15)8-9-23-2/h5,7,11-13H,3-4,6,8-10H2,1-2H3. The monoisotopic (exact) mass is 353 g/mol. The van der Waals surface area contributed by atoms with E-state index < -0.39 is 10.0 Å². The summed E-state index contributed by atoms with van der Waals surface area (Å²) in [6.45, 7) is 2.28. The van der Waals surface area contributed by atoms with E-state index in [0.29, 0.717) is 19.7 Å². The molecule has 3 heterocycles. The number of aromatic nitrogens is 4. The topological polar surface area (TPSA) is 82.3 Å². The minimum Gasteiger partial charge on any atom is -0.383 e. The Kier molecular flexibility index (Phi) is 5.02. The molecule has 0 amide bonds. The first-order valence-corrected chi connectivity index (χ1v) is 9.44. The van der Waals surface area contributed by atoms with Gasteiger partial charge in [0.1, 0.15) is 5.82 Å². The summed E-state index contributed by atoms with van der Waals surface area (Å²) < 4.78 is 35.9. The van der Waals surface area contributed by atoms with Crippen LogP contribution in [0.5, 0.6) is 0 Å². The van der Waals surface area contributed by atoms with Gasteiger partial charge in [0.25, 0.3) is 10.0 Å². The van der Waals surface area contributed by atoms with Crippen LogP contribution in [0.15, 0.2) is 29.9 Å². The third-order valence-corrected chi connectivity index (χ3v) is 6.07. The molecule has 0 N–H and O–H groups in total. The SMILES string of the molecule is COCCn1ccnc1C1CCCN(S(=O)(=O)c2cn(C)cn2)C1. The summed E-state index contributed by atoms with van der Waals surface area (Å²) in [5.41, 5.74) is 0. The number of methoxy groups -OCH3 is 1. The van der Waals surface area contributed by atoms with Crippen LogP contribution in [0.3, 0.4) is 0 Å². The molecule has 1 unspecified atom stereocenters. The molecule has 3 rings (SSSR count). The van der Waals surface area contributed by atoms with Gasteiger partial charge >= 0.3 is 0 Å². The van der Waals surface area contributed by atoms with Crippen molar-refractivity contribution in [1.29, 1.82) is 0 Å². The first-order valence-electron chi connectivity index (χ1n) is 8.00. The average molecular weight is 353 g/mol. The van der Waals surface area contributed by atoms with Gasteiger partial charge in [-0.2, -0.15) is 4.31 Å². The van der Waals surface area contributed by atoms with Crippen LogP contribution in [0.25, 0.3) is 0 Å². The summed E-state index contributed by atoms with van der Waals surface area (Å²) in [7, 11) is -0.129. The largest absolute Gasteiger partial charge is 0.383 e. The molecule has 0 aliphatic carbocycles. The highest BCUT2D eigenvalue weighted by molar-refractivity contribution is 7.89. The maximum atomic E-state index is 12.8. The van der Waals surface area contributed by atoms with E-state index >= 15 is 0 Å².